The third kappa shape index (κ3) is 4.98. The van der Waals surface area contributed by atoms with Crippen molar-refractivity contribution in [2.75, 3.05) is 7.11 Å². The van der Waals surface area contributed by atoms with Gasteiger partial charge in [-0.3, -0.25) is 9.48 Å². The normalized spacial score (nSPS) is 11.3. The maximum absolute atomic E-state index is 12.5. The van der Waals surface area contributed by atoms with E-state index in [9.17, 15) is 4.79 Å². The summed E-state index contributed by atoms with van der Waals surface area (Å²) < 4.78 is 13.1. The van der Waals surface area contributed by atoms with Crippen LogP contribution in [0.3, 0.4) is 0 Å². The smallest absolute Gasteiger partial charge is 0.189 e. The van der Waals surface area contributed by atoms with Gasteiger partial charge in [0, 0.05) is 18.3 Å². The Bertz CT molecular complexity index is 1050. The minimum Gasteiger partial charge on any atom is -0.496 e. The molecule has 0 aliphatic carbocycles. The molecule has 5 heteroatoms. The molecule has 0 bridgehead atoms. The van der Waals surface area contributed by atoms with E-state index in [2.05, 4.69) is 31.1 Å². The number of hydrogen-bond donors (Lipinski definition) is 0. The average molecular weight is 405 g/mol. The van der Waals surface area contributed by atoms with Gasteiger partial charge in [0.15, 0.2) is 5.78 Å². The highest BCUT2D eigenvalue weighted by Crippen LogP contribution is 2.24. The number of benzene rings is 2. The summed E-state index contributed by atoms with van der Waals surface area (Å²) in [5.74, 6) is 1.98. The second-order valence-electron chi connectivity index (χ2n) is 7.55. The number of nitrogens with zero attached hydrogens (tertiary/aromatic N) is 2. The van der Waals surface area contributed by atoms with Gasteiger partial charge in [0.05, 0.1) is 18.9 Å². The van der Waals surface area contributed by atoms with Crippen LogP contribution in [0.5, 0.6) is 11.5 Å². The van der Waals surface area contributed by atoms with Crippen molar-refractivity contribution in [1.82, 2.24) is 9.78 Å². The van der Waals surface area contributed by atoms with Crippen LogP contribution in [0.15, 0.2) is 54.7 Å². The molecule has 0 atom stereocenters. The first-order valence-corrected chi connectivity index (χ1v) is 9.99. The Morgan fingerprint density at radius 1 is 1.17 bits per heavy atom. The molecule has 0 saturated heterocycles. The molecule has 3 aromatic rings. The van der Waals surface area contributed by atoms with Crippen LogP contribution in [0.25, 0.3) is 6.08 Å². The first-order chi connectivity index (χ1) is 14.4. The predicted octanol–water partition coefficient (Wildman–Crippen LogP) is 5.34. The molecule has 5 nitrogen and oxygen atoms in total. The molecule has 30 heavy (non-hydrogen) atoms. The molecule has 0 fully saturated rings. The van der Waals surface area contributed by atoms with Crippen LogP contribution in [0.2, 0.25) is 0 Å². The highest BCUT2D eigenvalue weighted by molar-refractivity contribution is 6.07. The summed E-state index contributed by atoms with van der Waals surface area (Å²) in [6.45, 7) is 6.59. The Labute approximate surface area is 178 Å². The Morgan fingerprint density at radius 2 is 1.90 bits per heavy atom. The second-order valence-corrected chi connectivity index (χ2v) is 7.55. The van der Waals surface area contributed by atoms with E-state index in [0.29, 0.717) is 18.1 Å². The van der Waals surface area contributed by atoms with Crippen molar-refractivity contribution in [3.8, 4) is 11.5 Å². The van der Waals surface area contributed by atoms with Gasteiger partial charge >= 0.3 is 0 Å². The number of rotatable bonds is 8. The predicted molar refractivity (Wildman–Crippen MR) is 119 cm³/mol. The first-order valence-electron chi connectivity index (χ1n) is 9.99. The molecule has 1 heterocycles. The van der Waals surface area contributed by atoms with Crippen LogP contribution in [0, 0.1) is 6.92 Å². The SMILES string of the molecule is COc1ccc(/C=C/C(=O)c2cnn(C)c2C)cc1COc1ccc(C(C)C)cc1. The van der Waals surface area contributed by atoms with Crippen molar-refractivity contribution >= 4 is 11.9 Å². The van der Waals surface area contributed by atoms with Gasteiger partial charge in [-0.2, -0.15) is 5.10 Å². The Hall–Kier alpha value is -3.34. The van der Waals surface area contributed by atoms with Crippen LogP contribution in [0.4, 0.5) is 0 Å². The molecule has 156 valence electrons. The molecule has 0 aliphatic heterocycles. The van der Waals surface area contributed by atoms with E-state index in [4.69, 9.17) is 9.47 Å². The number of hydrogen-bond acceptors (Lipinski definition) is 4. The van der Waals surface area contributed by atoms with Crippen molar-refractivity contribution < 1.29 is 14.3 Å². The van der Waals surface area contributed by atoms with Gasteiger partial charge in [-0.25, -0.2) is 0 Å². The molecule has 0 saturated carbocycles. The monoisotopic (exact) mass is 404 g/mol. The van der Waals surface area contributed by atoms with E-state index < -0.39 is 0 Å². The maximum atomic E-state index is 12.5. The van der Waals surface area contributed by atoms with Gasteiger partial charge in [0.25, 0.3) is 0 Å². The Morgan fingerprint density at radius 3 is 2.50 bits per heavy atom. The van der Waals surface area contributed by atoms with E-state index in [-0.39, 0.29) is 5.78 Å². The molecule has 0 N–H and O–H groups in total. The maximum Gasteiger partial charge on any atom is 0.189 e. The van der Waals surface area contributed by atoms with Crippen molar-refractivity contribution in [2.45, 2.75) is 33.3 Å². The third-order valence-corrected chi connectivity index (χ3v) is 5.17. The Balaban J connectivity index is 1.73. The zero-order valence-electron chi connectivity index (χ0n) is 18.2. The second kappa shape index (κ2) is 9.44. The van der Waals surface area contributed by atoms with E-state index in [1.165, 1.54) is 5.56 Å². The average Bonchev–Trinajstić information content (AvgIpc) is 3.09. The van der Waals surface area contributed by atoms with E-state index in [1.807, 2.05) is 44.3 Å². The van der Waals surface area contributed by atoms with Gasteiger partial charge in [-0.05, 0) is 54.3 Å². The number of methoxy groups -OCH3 is 1. The number of carbonyl (C=O) groups excluding carboxylic acids is 1. The van der Waals surface area contributed by atoms with E-state index >= 15 is 0 Å². The highest BCUT2D eigenvalue weighted by atomic mass is 16.5. The summed E-state index contributed by atoms with van der Waals surface area (Å²) in [7, 11) is 3.46. The van der Waals surface area contributed by atoms with Crippen molar-refractivity contribution in [3.63, 3.8) is 0 Å². The fourth-order valence-corrected chi connectivity index (χ4v) is 3.13. The van der Waals surface area contributed by atoms with Crippen molar-refractivity contribution in [3.05, 3.63) is 82.7 Å². The minimum absolute atomic E-state index is 0.0699. The molecule has 2 aromatic carbocycles. The van der Waals surface area contributed by atoms with Crippen LogP contribution < -0.4 is 9.47 Å². The van der Waals surface area contributed by atoms with Gasteiger partial charge in [0.1, 0.15) is 18.1 Å². The molecule has 1 aromatic heterocycles. The molecular formula is C25H28N2O3. The molecule has 0 aliphatic rings. The topological polar surface area (TPSA) is 53.3 Å². The van der Waals surface area contributed by atoms with Gasteiger partial charge in [-0.1, -0.05) is 38.1 Å². The van der Waals surface area contributed by atoms with E-state index in [0.717, 1.165) is 28.3 Å². The summed E-state index contributed by atoms with van der Waals surface area (Å²) in [5.41, 5.74) is 4.55. The third-order valence-electron chi connectivity index (χ3n) is 5.17. The molecule has 0 spiro atoms. The summed E-state index contributed by atoms with van der Waals surface area (Å²) in [6, 6.07) is 13.9. The molecule has 0 unspecified atom stereocenters. The van der Waals surface area contributed by atoms with Gasteiger partial charge in [-0.15, -0.1) is 0 Å². The van der Waals surface area contributed by atoms with Gasteiger partial charge < -0.3 is 9.47 Å². The number of ether oxygens (including phenoxy) is 2. The molecule has 3 rings (SSSR count). The number of allylic oxidation sites excluding steroid dienone is 1. The Kier molecular flexibility index (Phi) is 6.72. The fourth-order valence-electron chi connectivity index (χ4n) is 3.13. The standard InChI is InChI=1S/C25H28N2O3/c1-17(2)20-8-10-22(11-9-20)30-16-21-14-19(7-13-25(21)29-5)6-12-24(28)23-15-26-27(4)18(23)3/h6-15,17H,16H2,1-5H3/b12-6+. The minimum atomic E-state index is -0.0699. The van der Waals surface area contributed by atoms with Crippen LogP contribution in [0.1, 0.15) is 52.5 Å². The summed E-state index contributed by atoms with van der Waals surface area (Å²) in [5, 5.41) is 4.13. The largest absolute Gasteiger partial charge is 0.496 e. The molecular weight excluding hydrogens is 376 g/mol. The highest BCUT2D eigenvalue weighted by Gasteiger charge is 2.10. The summed E-state index contributed by atoms with van der Waals surface area (Å²) in [6.07, 6.45) is 4.97. The quantitative estimate of drug-likeness (QED) is 0.376. The summed E-state index contributed by atoms with van der Waals surface area (Å²) >= 11 is 0. The zero-order valence-corrected chi connectivity index (χ0v) is 18.2. The lowest BCUT2D eigenvalue weighted by Gasteiger charge is -2.12. The molecule has 0 radical (unpaired) electrons. The lowest BCUT2D eigenvalue weighted by Crippen LogP contribution is -2.00. The number of aromatic nitrogens is 2. The van der Waals surface area contributed by atoms with Crippen LogP contribution >= 0.6 is 0 Å². The lowest BCUT2D eigenvalue weighted by atomic mass is 10.0. The number of ketones is 1. The first kappa shape index (κ1) is 21.4. The van der Waals surface area contributed by atoms with E-state index in [1.54, 1.807) is 30.1 Å². The van der Waals surface area contributed by atoms with Crippen molar-refractivity contribution in [2.24, 2.45) is 7.05 Å². The lowest BCUT2D eigenvalue weighted by molar-refractivity contribution is 0.104. The number of aryl methyl sites for hydroxylation is 1. The fraction of sp³-hybridized carbons (Fsp3) is 0.280. The number of carbonyl (C=O) groups is 1. The van der Waals surface area contributed by atoms with Crippen molar-refractivity contribution in [1.29, 1.82) is 0 Å². The summed E-state index contributed by atoms with van der Waals surface area (Å²) in [4.78, 5) is 12.5. The van der Waals surface area contributed by atoms with Gasteiger partial charge in [0.2, 0.25) is 0 Å². The van der Waals surface area contributed by atoms with Crippen LogP contribution in [-0.2, 0) is 13.7 Å². The molecule has 0 amide bonds. The zero-order chi connectivity index (χ0) is 21.7. The van der Waals surface area contributed by atoms with Crippen LogP contribution in [-0.4, -0.2) is 22.7 Å².